The summed E-state index contributed by atoms with van der Waals surface area (Å²) < 4.78 is 2.45. The van der Waals surface area contributed by atoms with E-state index in [0.29, 0.717) is 10.1 Å². The maximum atomic E-state index is 12.6. The Morgan fingerprint density at radius 1 is 1.25 bits per heavy atom. The van der Waals surface area contributed by atoms with E-state index in [-0.39, 0.29) is 5.91 Å². The molecule has 0 bridgehead atoms. The fourth-order valence-electron chi connectivity index (χ4n) is 2.85. The van der Waals surface area contributed by atoms with Crippen molar-refractivity contribution in [2.24, 2.45) is 5.92 Å². The molecule has 2 aliphatic rings. The molecule has 126 valence electrons. The number of carbonyl (C=O) groups excluding carboxylic acids is 1. The molecule has 1 aliphatic heterocycles. The molecule has 1 N–H and O–H groups in total. The van der Waals surface area contributed by atoms with Crippen LogP contribution < -0.4 is 5.32 Å². The monoisotopic (exact) mass is 359 g/mol. The largest absolute Gasteiger partial charge is 0.307 e. The third kappa shape index (κ3) is 3.49. The van der Waals surface area contributed by atoms with Gasteiger partial charge in [0.1, 0.15) is 5.82 Å². The van der Waals surface area contributed by atoms with Crippen LogP contribution in [0.15, 0.2) is 30.5 Å². The van der Waals surface area contributed by atoms with Gasteiger partial charge < -0.3 is 5.32 Å². The lowest BCUT2D eigenvalue weighted by molar-refractivity contribution is 0.102. The minimum absolute atomic E-state index is 0.0612. The Kier molecular flexibility index (Phi) is 4.59. The number of benzene rings is 1. The van der Waals surface area contributed by atoms with Crippen molar-refractivity contribution in [3.05, 3.63) is 47.2 Å². The highest BCUT2D eigenvalue weighted by atomic mass is 32.2. The topological polar surface area (TPSA) is 46.9 Å². The molecule has 1 saturated heterocycles. The fourth-order valence-corrected chi connectivity index (χ4v) is 5.71. The number of hydrogen-bond donors (Lipinski definition) is 1. The van der Waals surface area contributed by atoms with Crippen LogP contribution in [0, 0.1) is 12.8 Å². The Hall–Kier alpha value is -1.40. The van der Waals surface area contributed by atoms with Crippen molar-refractivity contribution in [2.45, 2.75) is 30.9 Å². The quantitative estimate of drug-likeness (QED) is 0.863. The number of thioether (sulfide) groups is 2. The first kappa shape index (κ1) is 16.1. The number of anilines is 1. The molecule has 1 saturated carbocycles. The molecule has 1 aliphatic carbocycles. The average Bonchev–Trinajstić information content (AvgIpc) is 3.12. The highest BCUT2D eigenvalue weighted by Gasteiger charge is 2.24. The van der Waals surface area contributed by atoms with Crippen LogP contribution in [0.4, 0.5) is 5.82 Å². The maximum absolute atomic E-state index is 12.6. The predicted molar refractivity (Wildman–Crippen MR) is 102 cm³/mol. The molecule has 6 heteroatoms. The molecule has 4 rings (SSSR count). The second-order valence-electron chi connectivity index (χ2n) is 6.45. The van der Waals surface area contributed by atoms with E-state index in [1.807, 2.05) is 53.5 Å². The second kappa shape index (κ2) is 6.84. The number of nitrogens with zero attached hydrogens (tertiary/aromatic N) is 2. The first-order valence-corrected chi connectivity index (χ1v) is 10.5. The molecule has 1 aromatic heterocycles. The van der Waals surface area contributed by atoms with Crippen LogP contribution >= 0.6 is 23.5 Å². The average molecular weight is 360 g/mol. The Balaban J connectivity index is 1.46. The Morgan fingerprint density at radius 3 is 2.62 bits per heavy atom. The predicted octanol–water partition coefficient (Wildman–Crippen LogP) is 4.33. The lowest BCUT2D eigenvalue weighted by atomic mass is 10.1. The van der Waals surface area contributed by atoms with Crippen molar-refractivity contribution >= 4 is 35.2 Å². The fraction of sp³-hybridized carbons (Fsp3) is 0.444. The molecule has 2 heterocycles. The number of aromatic nitrogens is 2. The van der Waals surface area contributed by atoms with Gasteiger partial charge >= 0.3 is 0 Å². The normalized spacial score (nSPS) is 18.0. The van der Waals surface area contributed by atoms with Crippen molar-refractivity contribution in [3.8, 4) is 0 Å². The standard InChI is InChI=1S/C18H21N3OS2/c1-12-10-19-21(11-13-2-3-13)16(12)20-17(22)14-4-6-15(7-5-14)18-23-8-9-24-18/h4-7,10,13,18H,2-3,8-9,11H2,1H3,(H,20,22). The van der Waals surface area contributed by atoms with Gasteiger partial charge in [-0.1, -0.05) is 12.1 Å². The van der Waals surface area contributed by atoms with E-state index in [0.717, 1.165) is 23.8 Å². The summed E-state index contributed by atoms with van der Waals surface area (Å²) in [6.45, 7) is 2.89. The molecule has 1 amide bonds. The van der Waals surface area contributed by atoms with Crippen LogP contribution in [0.1, 0.15) is 38.9 Å². The summed E-state index contributed by atoms with van der Waals surface area (Å²) in [5.41, 5.74) is 3.01. The first-order chi connectivity index (χ1) is 11.7. The van der Waals surface area contributed by atoms with Gasteiger partial charge in [0.05, 0.1) is 10.8 Å². The van der Waals surface area contributed by atoms with Gasteiger partial charge in [-0.3, -0.25) is 4.79 Å². The number of hydrogen-bond acceptors (Lipinski definition) is 4. The van der Waals surface area contributed by atoms with Gasteiger partial charge in [-0.05, 0) is 43.4 Å². The van der Waals surface area contributed by atoms with Crippen molar-refractivity contribution in [3.63, 3.8) is 0 Å². The number of aryl methyl sites for hydroxylation is 1. The van der Waals surface area contributed by atoms with E-state index in [1.165, 1.54) is 29.9 Å². The zero-order valence-corrected chi connectivity index (χ0v) is 15.3. The molecule has 2 aromatic rings. The molecular formula is C18H21N3OS2. The highest BCUT2D eigenvalue weighted by molar-refractivity contribution is 8.19. The van der Waals surface area contributed by atoms with Crippen LogP contribution in [0.3, 0.4) is 0 Å². The van der Waals surface area contributed by atoms with E-state index in [4.69, 9.17) is 0 Å². The number of carbonyl (C=O) groups is 1. The van der Waals surface area contributed by atoms with E-state index < -0.39 is 0 Å². The molecule has 1 aromatic carbocycles. The summed E-state index contributed by atoms with van der Waals surface area (Å²) in [4.78, 5) is 12.6. The Morgan fingerprint density at radius 2 is 1.96 bits per heavy atom. The second-order valence-corrected chi connectivity index (χ2v) is 9.18. The third-order valence-corrected chi connectivity index (χ3v) is 7.55. The lowest BCUT2D eigenvalue weighted by Crippen LogP contribution is -2.17. The van der Waals surface area contributed by atoms with Crippen molar-refractivity contribution in [1.29, 1.82) is 0 Å². The maximum Gasteiger partial charge on any atom is 0.256 e. The van der Waals surface area contributed by atoms with Crippen LogP contribution in [-0.2, 0) is 6.54 Å². The summed E-state index contributed by atoms with van der Waals surface area (Å²) in [7, 11) is 0. The van der Waals surface area contributed by atoms with E-state index in [9.17, 15) is 4.79 Å². The van der Waals surface area contributed by atoms with Gasteiger partial charge in [0.2, 0.25) is 0 Å². The molecule has 0 radical (unpaired) electrons. The molecule has 2 fully saturated rings. The van der Waals surface area contributed by atoms with Crippen LogP contribution in [-0.4, -0.2) is 27.2 Å². The third-order valence-electron chi connectivity index (χ3n) is 4.45. The van der Waals surface area contributed by atoms with E-state index in [2.05, 4.69) is 22.5 Å². The van der Waals surface area contributed by atoms with Gasteiger partial charge in [0.25, 0.3) is 5.91 Å². The smallest absolute Gasteiger partial charge is 0.256 e. The molecule has 24 heavy (non-hydrogen) atoms. The van der Waals surface area contributed by atoms with Gasteiger partial charge in [0.15, 0.2) is 0 Å². The summed E-state index contributed by atoms with van der Waals surface area (Å²) >= 11 is 3.96. The minimum Gasteiger partial charge on any atom is -0.307 e. The van der Waals surface area contributed by atoms with Gasteiger partial charge in [-0.25, -0.2) is 4.68 Å². The number of amides is 1. The van der Waals surface area contributed by atoms with Gasteiger partial charge in [-0.15, -0.1) is 23.5 Å². The summed E-state index contributed by atoms with van der Waals surface area (Å²) in [5, 5.41) is 7.45. The SMILES string of the molecule is Cc1cnn(CC2CC2)c1NC(=O)c1ccc(C2SCCS2)cc1. The van der Waals surface area contributed by atoms with Gasteiger partial charge in [-0.2, -0.15) is 5.10 Å². The van der Waals surface area contributed by atoms with Crippen molar-refractivity contribution in [2.75, 3.05) is 16.8 Å². The number of rotatable bonds is 5. The van der Waals surface area contributed by atoms with Crippen LogP contribution in [0.25, 0.3) is 0 Å². The molecule has 0 spiro atoms. The minimum atomic E-state index is -0.0612. The Bertz CT molecular complexity index is 731. The lowest BCUT2D eigenvalue weighted by Gasteiger charge is -2.11. The molecule has 4 nitrogen and oxygen atoms in total. The molecule has 0 unspecified atom stereocenters. The van der Waals surface area contributed by atoms with Crippen molar-refractivity contribution in [1.82, 2.24) is 9.78 Å². The Labute approximate surface area is 150 Å². The zero-order chi connectivity index (χ0) is 16.5. The highest BCUT2D eigenvalue weighted by Crippen LogP contribution is 2.45. The van der Waals surface area contributed by atoms with Crippen LogP contribution in [0.2, 0.25) is 0 Å². The summed E-state index contributed by atoms with van der Waals surface area (Å²) in [6.07, 6.45) is 4.37. The van der Waals surface area contributed by atoms with E-state index in [1.54, 1.807) is 0 Å². The number of nitrogens with one attached hydrogen (secondary N) is 1. The summed E-state index contributed by atoms with van der Waals surface area (Å²) in [5.74, 6) is 3.91. The van der Waals surface area contributed by atoms with Crippen LogP contribution in [0.5, 0.6) is 0 Å². The van der Waals surface area contributed by atoms with Gasteiger partial charge in [0, 0.05) is 29.2 Å². The summed E-state index contributed by atoms with van der Waals surface area (Å²) in [6, 6.07) is 8.03. The van der Waals surface area contributed by atoms with E-state index >= 15 is 0 Å². The first-order valence-electron chi connectivity index (χ1n) is 8.37. The zero-order valence-electron chi connectivity index (χ0n) is 13.7. The molecular weight excluding hydrogens is 338 g/mol. The molecule has 0 atom stereocenters. The van der Waals surface area contributed by atoms with Crippen molar-refractivity contribution < 1.29 is 4.79 Å².